The Labute approximate surface area is 234 Å². The fourth-order valence-corrected chi connectivity index (χ4v) is 6.33. The molecule has 2 saturated heterocycles. The summed E-state index contributed by atoms with van der Waals surface area (Å²) in [4.78, 5) is 38.2. The van der Waals surface area contributed by atoms with Crippen LogP contribution in [0.2, 0.25) is 0 Å². The first kappa shape index (κ1) is 26.9. The van der Waals surface area contributed by atoms with Gasteiger partial charge < -0.3 is 9.80 Å². The molecular formula is C29H30F3N5O2S. The van der Waals surface area contributed by atoms with Crippen molar-refractivity contribution in [1.29, 1.82) is 0 Å². The second-order valence-corrected chi connectivity index (χ2v) is 11.6. The Hall–Kier alpha value is -3.28. The molecule has 0 aliphatic carbocycles. The lowest BCUT2D eigenvalue weighted by atomic mass is 9.95. The monoisotopic (exact) mass is 569 g/mol. The smallest absolute Gasteiger partial charge is 0.335 e. The number of benzene rings is 2. The van der Waals surface area contributed by atoms with Crippen molar-refractivity contribution in [2.45, 2.75) is 31.7 Å². The van der Waals surface area contributed by atoms with Crippen LogP contribution in [0.1, 0.15) is 42.4 Å². The molecule has 0 radical (unpaired) electrons. The Bertz CT molecular complexity index is 1370. The van der Waals surface area contributed by atoms with Gasteiger partial charge in [0.25, 0.3) is 11.8 Å². The minimum absolute atomic E-state index is 0.00446. The van der Waals surface area contributed by atoms with E-state index in [9.17, 15) is 22.8 Å². The molecule has 40 heavy (non-hydrogen) atoms. The molecular weight excluding hydrogens is 539 g/mol. The van der Waals surface area contributed by atoms with E-state index < -0.39 is 11.7 Å². The first-order valence-electron chi connectivity index (χ1n) is 13.5. The first-order chi connectivity index (χ1) is 19.2. The predicted molar refractivity (Wildman–Crippen MR) is 145 cm³/mol. The molecule has 2 fully saturated rings. The topological polar surface area (TPSA) is 60.0 Å². The Morgan fingerprint density at radius 3 is 2.33 bits per heavy atom. The van der Waals surface area contributed by atoms with Crippen LogP contribution < -0.4 is 0 Å². The maximum Gasteiger partial charge on any atom is 0.416 e. The summed E-state index contributed by atoms with van der Waals surface area (Å²) in [7, 11) is 0. The number of hydrogen-bond acceptors (Lipinski definition) is 6. The number of fused-ring (bicyclic) bond motifs is 1. The molecule has 6 rings (SSSR count). The predicted octanol–water partition coefficient (Wildman–Crippen LogP) is 4.00. The van der Waals surface area contributed by atoms with Gasteiger partial charge in [0.05, 0.1) is 5.56 Å². The highest BCUT2D eigenvalue weighted by Crippen LogP contribution is 2.30. The van der Waals surface area contributed by atoms with Gasteiger partial charge >= 0.3 is 6.18 Å². The molecule has 210 valence electrons. The summed E-state index contributed by atoms with van der Waals surface area (Å²) in [6, 6.07) is 11.6. The Balaban J connectivity index is 0.985. The zero-order valence-corrected chi connectivity index (χ0v) is 22.8. The minimum Gasteiger partial charge on any atom is -0.335 e. The van der Waals surface area contributed by atoms with E-state index in [2.05, 4.69) is 14.8 Å². The van der Waals surface area contributed by atoms with E-state index in [0.29, 0.717) is 55.9 Å². The van der Waals surface area contributed by atoms with Gasteiger partial charge in [-0.05, 0) is 47.4 Å². The van der Waals surface area contributed by atoms with Gasteiger partial charge in [-0.25, -0.2) is 4.98 Å². The molecule has 0 atom stereocenters. The molecule has 11 heteroatoms. The average Bonchev–Trinajstić information content (AvgIpc) is 3.47. The molecule has 7 nitrogen and oxygen atoms in total. The number of amides is 2. The van der Waals surface area contributed by atoms with E-state index in [1.165, 1.54) is 11.3 Å². The van der Waals surface area contributed by atoms with Crippen molar-refractivity contribution in [3.63, 3.8) is 0 Å². The average molecular weight is 570 g/mol. The van der Waals surface area contributed by atoms with Gasteiger partial charge in [0.2, 0.25) is 0 Å². The van der Waals surface area contributed by atoms with Crippen LogP contribution in [0.3, 0.4) is 0 Å². The first-order valence-corrected chi connectivity index (χ1v) is 14.3. The van der Waals surface area contributed by atoms with Crippen molar-refractivity contribution >= 4 is 23.2 Å². The summed E-state index contributed by atoms with van der Waals surface area (Å²) in [5.41, 5.74) is 3.23. The Morgan fingerprint density at radius 1 is 0.900 bits per heavy atom. The number of rotatable bonds is 5. The summed E-state index contributed by atoms with van der Waals surface area (Å²) in [5, 5.41) is 2.35. The highest BCUT2D eigenvalue weighted by Gasteiger charge is 2.37. The molecule has 0 saturated carbocycles. The SMILES string of the molecule is O=C(c1ccc2c(c1)CCN(Cc1ccc(C(F)(F)F)cc1)C2)N1CC(N2CCN(C(=O)c3nccs3)CC2)C1. The highest BCUT2D eigenvalue weighted by atomic mass is 32.1. The zero-order chi connectivity index (χ0) is 27.9. The molecule has 2 aromatic carbocycles. The molecule has 4 heterocycles. The van der Waals surface area contributed by atoms with E-state index in [0.717, 1.165) is 54.9 Å². The van der Waals surface area contributed by atoms with Crippen molar-refractivity contribution in [2.75, 3.05) is 45.8 Å². The summed E-state index contributed by atoms with van der Waals surface area (Å²) in [6.45, 7) is 6.39. The lowest BCUT2D eigenvalue weighted by molar-refractivity contribution is -0.137. The Kier molecular flexibility index (Phi) is 7.37. The molecule has 2 amide bonds. The summed E-state index contributed by atoms with van der Waals surface area (Å²) in [6.07, 6.45) is -1.88. The van der Waals surface area contributed by atoms with Gasteiger partial charge in [0.1, 0.15) is 0 Å². The van der Waals surface area contributed by atoms with Gasteiger partial charge in [-0.15, -0.1) is 11.3 Å². The maximum absolute atomic E-state index is 13.2. The van der Waals surface area contributed by atoms with Crippen LogP contribution in [0.5, 0.6) is 0 Å². The number of alkyl halides is 3. The lowest BCUT2D eigenvalue weighted by Gasteiger charge is -2.48. The number of carbonyl (C=O) groups is 2. The van der Waals surface area contributed by atoms with Crippen LogP contribution in [0, 0.1) is 0 Å². The van der Waals surface area contributed by atoms with Gasteiger partial charge in [-0.2, -0.15) is 13.2 Å². The van der Waals surface area contributed by atoms with Crippen molar-refractivity contribution in [3.8, 4) is 0 Å². The number of halogens is 3. The zero-order valence-electron chi connectivity index (χ0n) is 21.9. The number of carbonyl (C=O) groups excluding carboxylic acids is 2. The van der Waals surface area contributed by atoms with Crippen LogP contribution in [0.4, 0.5) is 13.2 Å². The van der Waals surface area contributed by atoms with E-state index in [-0.39, 0.29) is 11.8 Å². The normalized spacial score (nSPS) is 18.9. The molecule has 0 spiro atoms. The van der Waals surface area contributed by atoms with Crippen LogP contribution in [0.25, 0.3) is 0 Å². The maximum atomic E-state index is 13.2. The summed E-state index contributed by atoms with van der Waals surface area (Å²) < 4.78 is 38.5. The van der Waals surface area contributed by atoms with Crippen LogP contribution in [-0.4, -0.2) is 88.3 Å². The molecule has 3 aliphatic heterocycles. The van der Waals surface area contributed by atoms with Crippen LogP contribution >= 0.6 is 11.3 Å². The third-order valence-electron chi connectivity index (χ3n) is 8.11. The number of piperazine rings is 1. The second-order valence-electron chi connectivity index (χ2n) is 10.7. The quantitative estimate of drug-likeness (QED) is 0.465. The lowest BCUT2D eigenvalue weighted by Crippen LogP contribution is -2.64. The Morgan fingerprint density at radius 2 is 1.65 bits per heavy atom. The number of likely N-dealkylation sites (tertiary alicyclic amines) is 1. The van der Waals surface area contributed by atoms with Crippen LogP contribution in [-0.2, 0) is 25.7 Å². The molecule has 0 unspecified atom stereocenters. The van der Waals surface area contributed by atoms with E-state index in [1.807, 2.05) is 33.4 Å². The molecule has 3 aliphatic rings. The molecule has 0 bridgehead atoms. The third-order valence-corrected chi connectivity index (χ3v) is 8.88. The van der Waals surface area contributed by atoms with Gasteiger partial charge in [0.15, 0.2) is 5.01 Å². The number of thiazole rings is 1. The van der Waals surface area contributed by atoms with E-state index in [4.69, 9.17) is 0 Å². The molecule has 0 N–H and O–H groups in total. The number of hydrogen-bond donors (Lipinski definition) is 0. The third kappa shape index (κ3) is 5.63. The molecule has 1 aromatic heterocycles. The van der Waals surface area contributed by atoms with Crippen molar-refractivity contribution in [1.82, 2.24) is 24.6 Å². The second kappa shape index (κ2) is 10.9. The summed E-state index contributed by atoms with van der Waals surface area (Å²) in [5.74, 6) is 0.0407. The van der Waals surface area contributed by atoms with Gasteiger partial charge in [0, 0.05) is 82.1 Å². The fourth-order valence-electron chi connectivity index (χ4n) is 5.73. The standard InChI is InChI=1S/C29H30F3N5O2S/c30-29(31,32)24-5-1-20(2-6-24)16-34-9-7-21-15-22(3-4-23(21)17-34)27(38)37-18-25(19-37)35-10-12-36(13-11-35)28(39)26-33-8-14-40-26/h1-6,8,14-15,25H,7,9-13,16-19H2. The summed E-state index contributed by atoms with van der Waals surface area (Å²) >= 11 is 1.36. The number of nitrogens with zero attached hydrogens (tertiary/aromatic N) is 5. The van der Waals surface area contributed by atoms with Crippen molar-refractivity contribution < 1.29 is 22.8 Å². The molecule has 3 aromatic rings. The number of aromatic nitrogens is 1. The fraction of sp³-hybridized carbons (Fsp3) is 0.414. The van der Waals surface area contributed by atoms with Crippen LogP contribution in [0.15, 0.2) is 54.0 Å². The van der Waals surface area contributed by atoms with E-state index in [1.54, 1.807) is 18.3 Å². The largest absolute Gasteiger partial charge is 0.416 e. The van der Waals surface area contributed by atoms with Gasteiger partial charge in [-0.1, -0.05) is 18.2 Å². The van der Waals surface area contributed by atoms with Crippen molar-refractivity contribution in [2.24, 2.45) is 0 Å². The van der Waals surface area contributed by atoms with Gasteiger partial charge in [-0.3, -0.25) is 19.4 Å². The van der Waals surface area contributed by atoms with Crippen molar-refractivity contribution in [3.05, 3.63) is 86.9 Å². The van der Waals surface area contributed by atoms with E-state index >= 15 is 0 Å². The minimum atomic E-state index is -4.33. The highest BCUT2D eigenvalue weighted by molar-refractivity contribution is 7.11.